The van der Waals surface area contributed by atoms with Crippen LogP contribution < -0.4 is 10.6 Å². The highest BCUT2D eigenvalue weighted by molar-refractivity contribution is 5.79. The van der Waals surface area contributed by atoms with Crippen molar-refractivity contribution in [1.82, 2.24) is 20.4 Å². The summed E-state index contributed by atoms with van der Waals surface area (Å²) in [5.74, 6) is 1.09. The third kappa shape index (κ3) is 4.62. The number of rotatable bonds is 8. The molecule has 1 aliphatic rings. The first-order valence-electron chi connectivity index (χ1n) is 9.37. The van der Waals surface area contributed by atoms with Crippen molar-refractivity contribution in [2.45, 2.75) is 38.6 Å². The fourth-order valence-corrected chi connectivity index (χ4v) is 3.19. The molecule has 1 unspecified atom stereocenters. The van der Waals surface area contributed by atoms with E-state index in [1.165, 1.54) is 0 Å². The van der Waals surface area contributed by atoms with E-state index in [0.29, 0.717) is 12.5 Å². The first-order chi connectivity index (χ1) is 12.6. The van der Waals surface area contributed by atoms with Crippen LogP contribution in [0.1, 0.15) is 32.3 Å². The molecule has 5 nitrogen and oxygen atoms in total. The topological polar surface area (TPSA) is 54.2 Å². The van der Waals surface area contributed by atoms with Gasteiger partial charge in [-0.25, -0.2) is 4.39 Å². The molecule has 0 amide bonds. The molecule has 0 bridgehead atoms. The first-order valence-corrected chi connectivity index (χ1v) is 9.37. The quantitative estimate of drug-likeness (QED) is 0.564. The molecule has 1 atom stereocenters. The van der Waals surface area contributed by atoms with Crippen LogP contribution in [0.15, 0.2) is 47.7 Å². The summed E-state index contributed by atoms with van der Waals surface area (Å²) >= 11 is 0. The maximum atomic E-state index is 14.1. The number of hydrogen-bond acceptors (Lipinski definition) is 2. The number of nitrogens with one attached hydrogen (secondary N) is 2. The van der Waals surface area contributed by atoms with E-state index < -0.39 is 0 Å². The van der Waals surface area contributed by atoms with E-state index in [-0.39, 0.29) is 11.2 Å². The summed E-state index contributed by atoms with van der Waals surface area (Å²) in [4.78, 5) is 4.74. The van der Waals surface area contributed by atoms with Gasteiger partial charge >= 0.3 is 0 Å². The number of aliphatic imine (C=N–C) groups is 1. The zero-order valence-corrected chi connectivity index (χ0v) is 15.6. The highest BCUT2D eigenvalue weighted by Crippen LogP contribution is 2.49. The number of hydrogen-bond donors (Lipinski definition) is 2. The Labute approximate surface area is 154 Å². The lowest BCUT2D eigenvalue weighted by Gasteiger charge is -2.18. The third-order valence-corrected chi connectivity index (χ3v) is 4.86. The Morgan fingerprint density at radius 2 is 2.12 bits per heavy atom. The lowest BCUT2D eigenvalue weighted by Crippen LogP contribution is -2.40. The van der Waals surface area contributed by atoms with Crippen LogP contribution in [0.3, 0.4) is 0 Å². The minimum absolute atomic E-state index is 0.119. The summed E-state index contributed by atoms with van der Waals surface area (Å²) in [6, 6.07) is 9.01. The Morgan fingerprint density at radius 3 is 2.77 bits per heavy atom. The molecule has 26 heavy (non-hydrogen) atoms. The van der Waals surface area contributed by atoms with Crippen molar-refractivity contribution < 1.29 is 4.39 Å². The van der Waals surface area contributed by atoms with E-state index in [2.05, 4.69) is 22.7 Å². The molecule has 1 aliphatic carbocycles. The summed E-state index contributed by atoms with van der Waals surface area (Å²) in [5, 5.41) is 10.9. The number of benzene rings is 1. The normalized spacial score (nSPS) is 17.0. The SMILES string of the molecule is CCNC(=NCC1(c2ccccc2F)CC1)NCC(C)Cn1cccn1. The second kappa shape index (κ2) is 8.34. The molecule has 0 saturated heterocycles. The van der Waals surface area contributed by atoms with Gasteiger partial charge in [-0.05, 0) is 43.4 Å². The minimum atomic E-state index is -0.131. The van der Waals surface area contributed by atoms with Crippen molar-refractivity contribution in [2.75, 3.05) is 19.6 Å². The number of halogens is 1. The molecule has 1 aromatic heterocycles. The zero-order valence-electron chi connectivity index (χ0n) is 15.6. The second-order valence-corrected chi connectivity index (χ2v) is 7.17. The zero-order chi connectivity index (χ0) is 18.4. The lowest BCUT2D eigenvalue weighted by atomic mass is 9.95. The van der Waals surface area contributed by atoms with E-state index in [1.807, 2.05) is 36.0 Å². The van der Waals surface area contributed by atoms with Gasteiger partial charge in [0.2, 0.25) is 0 Å². The predicted octanol–water partition coefficient (Wildman–Crippen LogP) is 2.95. The van der Waals surface area contributed by atoms with Crippen LogP contribution in [0, 0.1) is 11.7 Å². The molecule has 3 rings (SSSR count). The van der Waals surface area contributed by atoms with Gasteiger partial charge in [0.1, 0.15) is 5.82 Å². The summed E-state index contributed by atoms with van der Waals surface area (Å²) in [6.45, 7) is 7.30. The second-order valence-electron chi connectivity index (χ2n) is 7.17. The average Bonchev–Trinajstić information content (AvgIpc) is 3.25. The molecular weight excluding hydrogens is 329 g/mol. The van der Waals surface area contributed by atoms with Crippen molar-refractivity contribution in [3.63, 3.8) is 0 Å². The highest BCUT2D eigenvalue weighted by Gasteiger charge is 2.45. The van der Waals surface area contributed by atoms with Crippen molar-refractivity contribution in [2.24, 2.45) is 10.9 Å². The number of aromatic nitrogens is 2. The molecule has 1 saturated carbocycles. The fourth-order valence-electron chi connectivity index (χ4n) is 3.19. The summed E-state index contributed by atoms with van der Waals surface area (Å²) in [6.07, 6.45) is 5.75. The lowest BCUT2D eigenvalue weighted by molar-refractivity contribution is 0.443. The molecule has 140 valence electrons. The molecule has 0 aliphatic heterocycles. The van der Waals surface area contributed by atoms with Crippen LogP contribution in [0.4, 0.5) is 4.39 Å². The van der Waals surface area contributed by atoms with Crippen LogP contribution in [0.25, 0.3) is 0 Å². The molecule has 2 N–H and O–H groups in total. The summed E-state index contributed by atoms with van der Waals surface area (Å²) in [7, 11) is 0. The minimum Gasteiger partial charge on any atom is -0.357 e. The Balaban J connectivity index is 1.58. The maximum absolute atomic E-state index is 14.1. The molecule has 0 radical (unpaired) electrons. The predicted molar refractivity (Wildman–Crippen MR) is 103 cm³/mol. The van der Waals surface area contributed by atoms with Gasteiger partial charge in [-0.1, -0.05) is 25.1 Å². The molecule has 1 fully saturated rings. The van der Waals surface area contributed by atoms with E-state index >= 15 is 0 Å². The van der Waals surface area contributed by atoms with Gasteiger partial charge in [-0.3, -0.25) is 9.67 Å². The van der Waals surface area contributed by atoms with E-state index in [1.54, 1.807) is 18.3 Å². The third-order valence-electron chi connectivity index (χ3n) is 4.86. The molecule has 6 heteroatoms. The smallest absolute Gasteiger partial charge is 0.191 e. The molecule has 1 heterocycles. The fraction of sp³-hybridized carbons (Fsp3) is 0.500. The Morgan fingerprint density at radius 1 is 1.31 bits per heavy atom. The Bertz CT molecular complexity index is 722. The molecule has 1 aromatic carbocycles. The van der Waals surface area contributed by atoms with Gasteiger partial charge in [-0.15, -0.1) is 0 Å². The van der Waals surface area contributed by atoms with Gasteiger partial charge in [0, 0.05) is 37.4 Å². The van der Waals surface area contributed by atoms with Crippen LogP contribution >= 0.6 is 0 Å². The Hall–Kier alpha value is -2.37. The van der Waals surface area contributed by atoms with E-state index in [0.717, 1.165) is 44.0 Å². The summed E-state index contributed by atoms with van der Waals surface area (Å²) in [5.41, 5.74) is 0.667. The van der Waals surface area contributed by atoms with Gasteiger partial charge in [-0.2, -0.15) is 5.10 Å². The average molecular weight is 357 g/mol. The van der Waals surface area contributed by atoms with Gasteiger partial charge in [0.05, 0.1) is 6.54 Å². The molecule has 0 spiro atoms. The maximum Gasteiger partial charge on any atom is 0.191 e. The number of nitrogens with zero attached hydrogens (tertiary/aromatic N) is 3. The van der Waals surface area contributed by atoms with Crippen LogP contribution in [-0.4, -0.2) is 35.4 Å². The van der Waals surface area contributed by atoms with Gasteiger partial charge in [0.25, 0.3) is 0 Å². The van der Waals surface area contributed by atoms with Crippen molar-refractivity contribution >= 4 is 5.96 Å². The molecular formula is C20H28FN5. The van der Waals surface area contributed by atoms with Crippen LogP contribution in [-0.2, 0) is 12.0 Å². The first kappa shape index (κ1) is 18.4. The van der Waals surface area contributed by atoms with Crippen molar-refractivity contribution in [3.8, 4) is 0 Å². The largest absolute Gasteiger partial charge is 0.357 e. The van der Waals surface area contributed by atoms with Crippen LogP contribution in [0.2, 0.25) is 0 Å². The van der Waals surface area contributed by atoms with Gasteiger partial charge in [0.15, 0.2) is 5.96 Å². The van der Waals surface area contributed by atoms with E-state index in [9.17, 15) is 4.39 Å². The monoisotopic (exact) mass is 357 g/mol. The molecule has 2 aromatic rings. The van der Waals surface area contributed by atoms with Crippen molar-refractivity contribution in [1.29, 1.82) is 0 Å². The van der Waals surface area contributed by atoms with Crippen LogP contribution in [0.5, 0.6) is 0 Å². The van der Waals surface area contributed by atoms with Crippen molar-refractivity contribution in [3.05, 3.63) is 54.1 Å². The summed E-state index contributed by atoms with van der Waals surface area (Å²) < 4.78 is 16.1. The number of guanidine groups is 1. The standard InChI is InChI=1S/C20H28FN5/c1-3-22-19(23-13-16(2)14-26-12-6-11-25-26)24-15-20(9-10-20)17-7-4-5-8-18(17)21/h4-8,11-12,16H,3,9-10,13-15H2,1-2H3,(H2,22,23,24). The van der Waals surface area contributed by atoms with Gasteiger partial charge < -0.3 is 10.6 Å². The Kier molecular flexibility index (Phi) is 5.91. The van der Waals surface area contributed by atoms with E-state index in [4.69, 9.17) is 4.99 Å². The highest BCUT2D eigenvalue weighted by atomic mass is 19.1.